The van der Waals surface area contributed by atoms with Crippen molar-refractivity contribution in [1.29, 1.82) is 0 Å². The number of hydrogen-bond donors (Lipinski definition) is 0. The fraction of sp³-hybridized carbons (Fsp3) is 0.845. The number of carbonyl (C=O) groups excluding carboxylic acids is 3. The number of allylic oxidation sites excluding steroid dienone is 6. The molecule has 0 amide bonds. The maximum atomic E-state index is 12.8. The minimum atomic E-state index is -0.772. The summed E-state index contributed by atoms with van der Waals surface area (Å²) in [7, 11) is 0. The highest BCUT2D eigenvalue weighted by Gasteiger charge is 2.19. The van der Waals surface area contributed by atoms with Crippen LogP contribution in [0.25, 0.3) is 0 Å². The maximum absolute atomic E-state index is 12.8. The lowest BCUT2D eigenvalue weighted by atomic mass is 10.1. The predicted molar refractivity (Wildman–Crippen MR) is 275 cm³/mol. The van der Waals surface area contributed by atoms with Gasteiger partial charge in [-0.1, -0.05) is 237 Å². The second kappa shape index (κ2) is 53.2. The summed E-state index contributed by atoms with van der Waals surface area (Å²) < 4.78 is 16.8. The number of hydrogen-bond acceptors (Lipinski definition) is 6. The van der Waals surface area contributed by atoms with E-state index in [1.807, 2.05) is 0 Å². The molecule has 0 aliphatic rings. The van der Waals surface area contributed by atoms with Crippen molar-refractivity contribution in [3.8, 4) is 0 Å². The molecule has 0 aromatic carbocycles. The molecule has 0 fully saturated rings. The van der Waals surface area contributed by atoms with E-state index in [-0.39, 0.29) is 31.1 Å². The Morgan fingerprint density at radius 1 is 0.312 bits per heavy atom. The Kier molecular flexibility index (Phi) is 51.3. The van der Waals surface area contributed by atoms with Crippen LogP contribution >= 0.6 is 0 Å². The molecule has 0 heterocycles. The Balaban J connectivity index is 4.30. The maximum Gasteiger partial charge on any atom is 0.306 e. The Labute approximate surface area is 397 Å². The van der Waals surface area contributed by atoms with Gasteiger partial charge in [0.15, 0.2) is 6.10 Å². The molecule has 0 spiro atoms. The lowest BCUT2D eigenvalue weighted by Gasteiger charge is -2.18. The Bertz CT molecular complexity index is 1080. The lowest BCUT2D eigenvalue weighted by Crippen LogP contribution is -2.30. The smallest absolute Gasteiger partial charge is 0.306 e. The van der Waals surface area contributed by atoms with Crippen molar-refractivity contribution >= 4 is 17.9 Å². The van der Waals surface area contributed by atoms with Crippen LogP contribution in [0, 0.1) is 0 Å². The van der Waals surface area contributed by atoms with Crippen LogP contribution in [-0.4, -0.2) is 37.2 Å². The summed E-state index contributed by atoms with van der Waals surface area (Å²) in [6.45, 7) is 6.62. The topological polar surface area (TPSA) is 78.9 Å². The van der Waals surface area contributed by atoms with E-state index in [1.54, 1.807) is 0 Å². The van der Waals surface area contributed by atoms with Crippen LogP contribution < -0.4 is 0 Å². The molecule has 64 heavy (non-hydrogen) atoms. The zero-order chi connectivity index (χ0) is 46.5. The van der Waals surface area contributed by atoms with Crippen LogP contribution in [0.1, 0.15) is 297 Å². The van der Waals surface area contributed by atoms with Crippen molar-refractivity contribution < 1.29 is 28.6 Å². The van der Waals surface area contributed by atoms with E-state index in [2.05, 4.69) is 57.2 Å². The van der Waals surface area contributed by atoms with Crippen LogP contribution in [0.4, 0.5) is 0 Å². The van der Waals surface area contributed by atoms with E-state index < -0.39 is 6.10 Å². The lowest BCUT2D eigenvalue weighted by molar-refractivity contribution is -0.167. The van der Waals surface area contributed by atoms with Gasteiger partial charge in [0, 0.05) is 19.3 Å². The fourth-order valence-electron chi connectivity index (χ4n) is 8.12. The quantitative estimate of drug-likeness (QED) is 0.0262. The van der Waals surface area contributed by atoms with Crippen molar-refractivity contribution in [1.82, 2.24) is 0 Å². The van der Waals surface area contributed by atoms with Crippen LogP contribution in [0.15, 0.2) is 36.5 Å². The molecule has 0 rings (SSSR count). The molecule has 0 saturated heterocycles. The first-order valence-electron chi connectivity index (χ1n) is 28.0. The number of carbonyl (C=O) groups is 3. The molecule has 0 aromatic heterocycles. The van der Waals surface area contributed by atoms with E-state index >= 15 is 0 Å². The van der Waals surface area contributed by atoms with E-state index in [0.717, 1.165) is 64.2 Å². The van der Waals surface area contributed by atoms with E-state index in [4.69, 9.17) is 14.2 Å². The molecule has 0 bridgehead atoms. The third-order valence-corrected chi connectivity index (χ3v) is 12.4. The summed E-state index contributed by atoms with van der Waals surface area (Å²) in [5.41, 5.74) is 0. The van der Waals surface area contributed by atoms with Gasteiger partial charge in [0.1, 0.15) is 13.2 Å². The first-order chi connectivity index (χ1) is 31.5. The van der Waals surface area contributed by atoms with E-state index in [9.17, 15) is 14.4 Å². The van der Waals surface area contributed by atoms with E-state index in [0.29, 0.717) is 19.3 Å². The average molecular weight is 899 g/mol. The highest BCUT2D eigenvalue weighted by molar-refractivity contribution is 5.71. The molecule has 6 nitrogen and oxygen atoms in total. The summed E-state index contributed by atoms with van der Waals surface area (Å²) >= 11 is 0. The molecule has 0 unspecified atom stereocenters. The molecule has 0 aromatic rings. The zero-order valence-corrected chi connectivity index (χ0v) is 42.8. The molecular weight excluding hydrogens is 793 g/mol. The molecule has 0 aliphatic heterocycles. The van der Waals surface area contributed by atoms with Crippen molar-refractivity contribution in [3.63, 3.8) is 0 Å². The Morgan fingerprint density at radius 3 is 0.906 bits per heavy atom. The summed E-state index contributed by atoms with van der Waals surface area (Å²) in [6.07, 6.45) is 62.7. The van der Waals surface area contributed by atoms with Crippen LogP contribution in [0.2, 0.25) is 0 Å². The zero-order valence-electron chi connectivity index (χ0n) is 42.8. The summed E-state index contributed by atoms with van der Waals surface area (Å²) in [5, 5.41) is 0. The normalized spacial score (nSPS) is 12.2. The van der Waals surface area contributed by atoms with Gasteiger partial charge < -0.3 is 14.2 Å². The Hall–Kier alpha value is -2.37. The fourth-order valence-corrected chi connectivity index (χ4v) is 8.12. The van der Waals surface area contributed by atoms with Gasteiger partial charge in [0.25, 0.3) is 0 Å². The molecule has 0 N–H and O–H groups in total. The minimum Gasteiger partial charge on any atom is -0.462 e. The van der Waals surface area contributed by atoms with Crippen molar-refractivity contribution in [2.75, 3.05) is 13.2 Å². The summed E-state index contributed by atoms with van der Waals surface area (Å²) in [6, 6.07) is 0. The first kappa shape index (κ1) is 61.6. The van der Waals surface area contributed by atoms with Crippen molar-refractivity contribution in [3.05, 3.63) is 36.5 Å². The van der Waals surface area contributed by atoms with Gasteiger partial charge in [-0.2, -0.15) is 0 Å². The molecule has 6 heteroatoms. The average Bonchev–Trinajstić information content (AvgIpc) is 3.29. The number of ether oxygens (including phenoxy) is 3. The standard InChI is InChI=1S/C58H106O6/c1-4-7-10-13-16-19-22-24-26-28-29-31-32-34-36-39-42-45-48-51-57(60)63-54-55(53-62-56(59)50-47-44-41-38-21-18-15-12-9-6-3)64-58(61)52-49-46-43-40-37-35-33-30-27-25-23-20-17-14-11-8-5-2/h16,19,24-27,55H,4-15,17-18,20-23,28-54H2,1-3H3/b19-16-,26-24-,27-25-/t55-/m1/s1. The van der Waals surface area contributed by atoms with Crippen molar-refractivity contribution in [2.45, 2.75) is 303 Å². The Morgan fingerprint density at radius 2 is 0.562 bits per heavy atom. The third kappa shape index (κ3) is 50.6. The molecular formula is C58H106O6. The second-order valence-corrected chi connectivity index (χ2v) is 18.8. The van der Waals surface area contributed by atoms with Gasteiger partial charge in [-0.3, -0.25) is 14.4 Å². The SMILES string of the molecule is CCCCC/C=C\C/C=C\CCCCCCCCCCCC(=O)OC[C@@H](COC(=O)CCCCCCCCCCCC)OC(=O)CCCCCCCCC/C=C\CCCCCCCC. The van der Waals surface area contributed by atoms with Gasteiger partial charge in [-0.25, -0.2) is 0 Å². The largest absolute Gasteiger partial charge is 0.462 e. The highest BCUT2D eigenvalue weighted by atomic mass is 16.6. The van der Waals surface area contributed by atoms with Gasteiger partial charge in [0.05, 0.1) is 0 Å². The predicted octanol–water partition coefficient (Wildman–Crippen LogP) is 18.5. The first-order valence-corrected chi connectivity index (χ1v) is 28.0. The number of unbranched alkanes of at least 4 members (excludes halogenated alkanes) is 34. The second-order valence-electron chi connectivity index (χ2n) is 18.8. The van der Waals surface area contributed by atoms with Gasteiger partial charge in [-0.15, -0.1) is 0 Å². The van der Waals surface area contributed by atoms with Crippen LogP contribution in [-0.2, 0) is 28.6 Å². The van der Waals surface area contributed by atoms with Crippen LogP contribution in [0.3, 0.4) is 0 Å². The number of rotatable bonds is 51. The third-order valence-electron chi connectivity index (χ3n) is 12.4. The number of esters is 3. The molecule has 0 radical (unpaired) electrons. The van der Waals surface area contributed by atoms with Gasteiger partial charge in [-0.05, 0) is 77.0 Å². The summed E-state index contributed by atoms with van der Waals surface area (Å²) in [5.74, 6) is -0.868. The van der Waals surface area contributed by atoms with Crippen LogP contribution in [0.5, 0.6) is 0 Å². The van der Waals surface area contributed by atoms with Crippen molar-refractivity contribution in [2.24, 2.45) is 0 Å². The monoisotopic (exact) mass is 899 g/mol. The summed E-state index contributed by atoms with van der Waals surface area (Å²) in [4.78, 5) is 38.0. The highest BCUT2D eigenvalue weighted by Crippen LogP contribution is 2.16. The van der Waals surface area contributed by atoms with Gasteiger partial charge in [0.2, 0.25) is 0 Å². The molecule has 0 saturated carbocycles. The molecule has 0 aliphatic carbocycles. The minimum absolute atomic E-state index is 0.0720. The molecule has 1 atom stereocenters. The molecule has 374 valence electrons. The van der Waals surface area contributed by atoms with E-state index in [1.165, 1.54) is 193 Å². The van der Waals surface area contributed by atoms with Gasteiger partial charge >= 0.3 is 17.9 Å².